The fourth-order valence-electron chi connectivity index (χ4n) is 15.2. The molecule has 10 atom stereocenters. The Morgan fingerprint density at radius 2 is 1.53 bits per heavy atom. The highest BCUT2D eigenvalue weighted by Crippen LogP contribution is 2.51. The number of allylic oxidation sites excluding steroid dienone is 2. The Hall–Kier alpha value is -10.2. The molecule has 29 heteroatoms. The third-order valence-corrected chi connectivity index (χ3v) is 21.9. The summed E-state index contributed by atoms with van der Waals surface area (Å²) in [7, 11) is 5.69. The number of piperidine rings is 1. The van der Waals surface area contributed by atoms with Crippen LogP contribution < -0.4 is 47.4 Å². The summed E-state index contributed by atoms with van der Waals surface area (Å²) in [4.78, 5) is 142. The third kappa shape index (κ3) is 16.8. The summed E-state index contributed by atoms with van der Waals surface area (Å²) in [5.74, 6) is -10.7. The highest BCUT2D eigenvalue weighted by atomic mass is 16.7. The second-order valence-corrected chi connectivity index (χ2v) is 29.8. The summed E-state index contributed by atoms with van der Waals surface area (Å²) >= 11 is 0. The summed E-state index contributed by atoms with van der Waals surface area (Å²) in [6, 6.07) is 8.93. The Morgan fingerprint density at radius 1 is 0.850 bits per heavy atom. The van der Waals surface area contributed by atoms with E-state index >= 15 is 9.59 Å². The van der Waals surface area contributed by atoms with Crippen LogP contribution in [-0.2, 0) is 54.3 Å². The molecular formula is C78H99N10O19+. The van der Waals surface area contributed by atoms with Crippen LogP contribution in [0.4, 0.5) is 21.9 Å². The molecule has 8 amide bonds. The van der Waals surface area contributed by atoms with Crippen molar-refractivity contribution in [2.75, 3.05) is 69.5 Å². The molecule has 29 nitrogen and oxygen atoms in total. The number of phenols is 2. The fraction of sp³-hybridized carbons (Fsp3) is 0.500. The van der Waals surface area contributed by atoms with Crippen molar-refractivity contribution >= 4 is 92.2 Å². The first-order valence-corrected chi connectivity index (χ1v) is 36.5. The summed E-state index contributed by atoms with van der Waals surface area (Å²) < 4.78 is 31.4. The van der Waals surface area contributed by atoms with Crippen LogP contribution in [-0.4, -0.2) is 184 Å². The number of aromatic hydroxyl groups is 2. The van der Waals surface area contributed by atoms with Crippen LogP contribution in [0.25, 0.3) is 33.3 Å². The predicted octanol–water partition coefficient (Wildman–Crippen LogP) is 7.15. The number of methoxy groups -OCH3 is 1. The molecule has 1 saturated heterocycles. The Kier molecular flexibility index (Phi) is 24.4. The van der Waals surface area contributed by atoms with E-state index in [-0.39, 0.29) is 106 Å². The number of Topliss-reactive ketones (excluding diaryl/α,β-unsaturated/α-hetero) is 1. The number of anilines is 3. The maximum absolute atomic E-state index is 15.2. The molecule has 0 aromatic heterocycles. The van der Waals surface area contributed by atoms with Crippen molar-refractivity contribution < 1.29 is 91.4 Å². The summed E-state index contributed by atoms with van der Waals surface area (Å²) in [6.45, 7) is 14.7. The first-order chi connectivity index (χ1) is 50.7. The molecule has 107 heavy (non-hydrogen) atoms. The molecule has 0 radical (unpaired) electrons. The number of carbonyl (C=O) groups excluding carboxylic acids is 9. The molecule has 0 unspecified atom stereocenters. The van der Waals surface area contributed by atoms with E-state index < -0.39 is 129 Å². The number of rotatable bonds is 21. The Morgan fingerprint density at radius 3 is 2.18 bits per heavy atom. The van der Waals surface area contributed by atoms with Gasteiger partial charge in [-0.25, -0.2) is 9.78 Å². The van der Waals surface area contributed by atoms with Gasteiger partial charge in [-0.2, -0.15) is 0 Å². The number of unbranched alkanes of at least 4 members (excludes halogenated alkanes) is 2. The van der Waals surface area contributed by atoms with Crippen molar-refractivity contribution in [2.45, 2.75) is 168 Å². The maximum atomic E-state index is 15.2. The number of imide groups is 1. The van der Waals surface area contributed by atoms with E-state index in [0.29, 0.717) is 86.9 Å². The monoisotopic (exact) mass is 1480 g/mol. The Bertz CT molecular complexity index is 4420. The van der Waals surface area contributed by atoms with Gasteiger partial charge in [0.2, 0.25) is 23.2 Å². The number of amides is 8. The van der Waals surface area contributed by atoms with Gasteiger partial charge in [0.05, 0.1) is 55.7 Å². The number of hydrogen-bond acceptors (Lipinski definition) is 21. The molecule has 11 N–H and O–H groups in total. The number of benzene rings is 4. The number of ketones is 1. The van der Waals surface area contributed by atoms with E-state index in [9.17, 15) is 58.8 Å². The number of esters is 1. The number of fused-ring (bicyclic) bond motifs is 2. The molecule has 5 aliphatic heterocycles. The number of carbonyl (C=O) groups is 9. The second-order valence-electron chi connectivity index (χ2n) is 29.8. The Labute approximate surface area is 619 Å². The van der Waals surface area contributed by atoms with Crippen LogP contribution in [0.3, 0.4) is 0 Å². The van der Waals surface area contributed by atoms with Gasteiger partial charge < -0.3 is 85.5 Å². The number of nitrogens with two attached hydrogens (primary N) is 1. The van der Waals surface area contributed by atoms with Crippen molar-refractivity contribution in [1.29, 1.82) is 0 Å². The number of nitrogens with one attached hydrogen (secondary N) is 5. The lowest BCUT2D eigenvalue weighted by molar-refractivity contribution is -0.928. The van der Waals surface area contributed by atoms with Gasteiger partial charge in [0.15, 0.2) is 11.3 Å². The molecule has 0 spiro atoms. The van der Waals surface area contributed by atoms with Crippen LogP contribution >= 0.6 is 0 Å². The first kappa shape index (κ1) is 79.3. The van der Waals surface area contributed by atoms with Crippen LogP contribution in [0.1, 0.15) is 134 Å². The number of aliphatic hydroxyl groups excluding tert-OH is 2. The van der Waals surface area contributed by atoms with Crippen LogP contribution in [0.5, 0.6) is 17.2 Å². The summed E-state index contributed by atoms with van der Waals surface area (Å²) in [6.07, 6.45) is 10.4. The minimum atomic E-state index is -2.15. The van der Waals surface area contributed by atoms with E-state index in [0.717, 1.165) is 10.5 Å². The second kappa shape index (κ2) is 32.9. The maximum Gasteiger partial charge on any atom is 0.312 e. The molecule has 574 valence electrons. The van der Waals surface area contributed by atoms with Gasteiger partial charge in [-0.05, 0) is 77.0 Å². The largest absolute Gasteiger partial charge is 0.507 e. The lowest BCUT2D eigenvalue weighted by Gasteiger charge is -2.43. The molecular weight excluding hydrogens is 1380 g/mol. The van der Waals surface area contributed by atoms with Crippen molar-refractivity contribution in [2.24, 2.45) is 34.8 Å². The van der Waals surface area contributed by atoms with Crippen molar-refractivity contribution in [3.8, 4) is 28.7 Å². The van der Waals surface area contributed by atoms with Gasteiger partial charge >= 0.3 is 17.8 Å². The zero-order valence-electron chi connectivity index (χ0n) is 62.4. The molecule has 4 bridgehead atoms. The average molecular weight is 1480 g/mol. The van der Waals surface area contributed by atoms with E-state index in [2.05, 4.69) is 45.6 Å². The summed E-state index contributed by atoms with van der Waals surface area (Å²) in [5.41, 5.74) is 4.13. The molecule has 5 heterocycles. The van der Waals surface area contributed by atoms with Crippen molar-refractivity contribution in [3.05, 3.63) is 112 Å². The fourth-order valence-corrected chi connectivity index (χ4v) is 15.2. The number of aromatic nitrogens is 1. The lowest BCUT2D eigenvalue weighted by atomic mass is 9.67. The average Bonchev–Trinajstić information content (AvgIpc) is 1.67. The topological polar surface area (TPSA) is 407 Å². The Balaban J connectivity index is 0.863. The number of hydrogen-bond donors (Lipinski definition) is 10. The van der Waals surface area contributed by atoms with Crippen LogP contribution in [0, 0.1) is 36.0 Å². The zero-order valence-corrected chi connectivity index (χ0v) is 62.4. The SMILES string of the molecule is CO[C@H]1/C=C/O[C@@]2(C)Oc3c(C)c(O)c4c(=O)c(c5oc6cc(N7CCC([N+](C)(C)Cc8ccc(NC(=O)[C@H](CCCNC(N)=O)NC(=O)C9(C(=O)NCCCCCN%10C(=O)C=CC%10=O)CCC9)cc8)CC7)cc(O)c6nc-5c4c3C2=O)NC(=O)/C(C)=C\C=C\[C@H](C)[C@H](O)[C@@H](C)[C@@H](O)[C@@H](C)[C@H](OC(C)=O)[C@@H]1C. The van der Waals surface area contributed by atoms with Crippen LogP contribution in [0.2, 0.25) is 0 Å². The molecule has 3 aromatic rings. The normalized spacial score (nSPS) is 25.0. The molecule has 3 aromatic carbocycles. The quantitative estimate of drug-likeness (QED) is 0.00662. The van der Waals surface area contributed by atoms with E-state index in [4.69, 9.17) is 34.1 Å². The minimum Gasteiger partial charge on any atom is -0.507 e. The predicted molar refractivity (Wildman–Crippen MR) is 396 cm³/mol. The smallest absolute Gasteiger partial charge is 0.312 e. The molecule has 2 aliphatic carbocycles. The van der Waals surface area contributed by atoms with Crippen molar-refractivity contribution in [3.63, 3.8) is 0 Å². The summed E-state index contributed by atoms with van der Waals surface area (Å²) in [5, 5.41) is 60.7. The van der Waals surface area contributed by atoms with E-state index in [1.54, 1.807) is 58.0 Å². The van der Waals surface area contributed by atoms with Gasteiger partial charge in [-0.3, -0.25) is 48.1 Å². The van der Waals surface area contributed by atoms with E-state index in [1.165, 1.54) is 71.4 Å². The number of ether oxygens (including phenoxy) is 4. The van der Waals surface area contributed by atoms with E-state index in [1.807, 2.05) is 12.1 Å². The highest BCUT2D eigenvalue weighted by Gasteiger charge is 2.53. The lowest BCUT2D eigenvalue weighted by Crippen LogP contribution is -2.58. The first-order valence-electron chi connectivity index (χ1n) is 36.5. The third-order valence-electron chi connectivity index (χ3n) is 21.9. The van der Waals surface area contributed by atoms with Crippen LogP contribution in [0.15, 0.2) is 93.9 Å². The molecule has 10 rings (SSSR count). The molecule has 1 saturated carbocycles. The van der Waals surface area contributed by atoms with Gasteiger partial charge in [0.1, 0.15) is 58.3 Å². The number of nitrogens with zero attached hydrogens (tertiary/aromatic N) is 4. The number of quaternary nitrogens is 1. The van der Waals surface area contributed by atoms with Gasteiger partial charge in [0, 0.05) is 148 Å². The standard InChI is InChI=1S/C78H98N10O19/c1-41-18-15-19-42(2)72(98)85-63-67(96)59-58(60-69(46(6)66(59)95)107-77(8,71(60)97)104-37-29-54(103-11)43(3)68(105-47(7)89)45(5)65(94)44(4)64(41)93)62-70(63)106-55-39-50(38-53(90)61(55)84-62)86-35-27-51(28-36-86)88(9,10)40-48-21-23-49(24-22-48)82-73(99)52(20-16-33-81-76(79)102)83-75(101)78(30-17-31-78)74(100)80-32-13-12-14-34-87-56(91)25-26-57(87)92/h15,18-19,21-26,29,37-39,41,43-45,51-52,54,64-65,68,93-94H,12-14,16-17,20,27-28,30-36,40H2,1-11H3,(H8-,79,80,81,82,83,84,85,90,91,92,95,96,97,98,99,100,101,102)/p+1/b18-15+,37-29+,42-19-/t41-,43+,44+,45+,52-,54-,64-,65+,68+,77-/m0/s1. The van der Waals surface area contributed by atoms with Gasteiger partial charge in [0.25, 0.3) is 23.5 Å². The number of primary amides is 1. The minimum absolute atomic E-state index is 0.00381. The molecule has 2 fully saturated rings. The molecule has 7 aliphatic rings. The number of aliphatic hydroxyl groups is 2. The number of urea groups is 1. The van der Waals surface area contributed by atoms with Gasteiger partial charge in [-0.15, -0.1) is 0 Å². The highest BCUT2D eigenvalue weighted by molar-refractivity contribution is 6.22. The van der Waals surface area contributed by atoms with Gasteiger partial charge in [-0.1, -0.05) is 64.5 Å². The zero-order chi connectivity index (χ0) is 77.7. The number of phenolic OH excluding ortho intramolecular Hbond substituents is 2. The van der Waals surface area contributed by atoms with Crippen molar-refractivity contribution in [1.82, 2.24) is 25.8 Å².